The van der Waals surface area contributed by atoms with Gasteiger partial charge in [0, 0.05) is 18.9 Å². The number of nitrogens with zero attached hydrogens (tertiary/aromatic N) is 1. The Hall–Kier alpha value is -1.24. The second-order valence-electron chi connectivity index (χ2n) is 3.47. The molecule has 0 aliphatic rings. The quantitative estimate of drug-likeness (QED) is 0.897. The van der Waals surface area contributed by atoms with Crippen LogP contribution in [0.15, 0.2) is 46.2 Å². The second-order valence-corrected chi connectivity index (χ2v) is 6.02. The number of sulfonamides is 1. The zero-order chi connectivity index (χ0) is 12.1. The molecule has 17 heavy (non-hydrogen) atoms. The van der Waals surface area contributed by atoms with Crippen LogP contribution >= 0.6 is 11.3 Å². The van der Waals surface area contributed by atoms with Crippen LogP contribution in [0.3, 0.4) is 0 Å². The van der Waals surface area contributed by atoms with E-state index in [0.717, 1.165) is 5.56 Å². The highest BCUT2D eigenvalue weighted by Gasteiger charge is 2.12. The molecule has 0 bridgehead atoms. The molecule has 0 amide bonds. The molecule has 0 aliphatic heterocycles. The van der Waals surface area contributed by atoms with E-state index >= 15 is 0 Å². The average Bonchev–Trinajstić information content (AvgIpc) is 2.83. The van der Waals surface area contributed by atoms with Gasteiger partial charge >= 0.3 is 0 Å². The Morgan fingerprint density at radius 3 is 2.88 bits per heavy atom. The SMILES string of the molecule is O=S(=O)(NCCc1ccsc1)c1cccnc1. The van der Waals surface area contributed by atoms with Crippen molar-refractivity contribution in [1.82, 2.24) is 9.71 Å². The van der Waals surface area contributed by atoms with Crippen molar-refractivity contribution in [3.05, 3.63) is 46.9 Å². The Morgan fingerprint density at radius 1 is 1.35 bits per heavy atom. The molecule has 0 fully saturated rings. The number of hydrogen-bond acceptors (Lipinski definition) is 4. The molecule has 0 saturated heterocycles. The van der Waals surface area contributed by atoms with E-state index in [0.29, 0.717) is 13.0 Å². The van der Waals surface area contributed by atoms with E-state index in [2.05, 4.69) is 9.71 Å². The normalized spacial score (nSPS) is 11.5. The summed E-state index contributed by atoms with van der Waals surface area (Å²) in [5, 5.41) is 3.99. The van der Waals surface area contributed by atoms with Crippen LogP contribution in [-0.4, -0.2) is 19.9 Å². The maximum Gasteiger partial charge on any atom is 0.242 e. The maximum atomic E-state index is 11.8. The van der Waals surface area contributed by atoms with Crippen molar-refractivity contribution >= 4 is 21.4 Å². The summed E-state index contributed by atoms with van der Waals surface area (Å²) in [4.78, 5) is 3.99. The summed E-state index contributed by atoms with van der Waals surface area (Å²) in [6.45, 7) is 0.397. The largest absolute Gasteiger partial charge is 0.263 e. The molecular formula is C11H12N2O2S2. The van der Waals surface area contributed by atoms with Crippen molar-refractivity contribution in [2.24, 2.45) is 0 Å². The van der Waals surface area contributed by atoms with E-state index in [4.69, 9.17) is 0 Å². The lowest BCUT2D eigenvalue weighted by atomic mass is 10.2. The summed E-state index contributed by atoms with van der Waals surface area (Å²) < 4.78 is 26.2. The minimum atomic E-state index is -3.42. The minimum Gasteiger partial charge on any atom is -0.263 e. The predicted octanol–water partition coefficient (Wildman–Crippen LogP) is 1.66. The first-order valence-corrected chi connectivity index (χ1v) is 7.52. The van der Waals surface area contributed by atoms with E-state index in [9.17, 15) is 8.42 Å². The summed E-state index contributed by atoms with van der Waals surface area (Å²) in [7, 11) is -3.42. The van der Waals surface area contributed by atoms with Crippen LogP contribution in [0.1, 0.15) is 5.56 Å². The third-order valence-corrected chi connectivity index (χ3v) is 4.41. The molecule has 0 spiro atoms. The number of nitrogens with one attached hydrogen (secondary N) is 1. The van der Waals surface area contributed by atoms with Gasteiger partial charge in [-0.1, -0.05) is 0 Å². The van der Waals surface area contributed by atoms with Gasteiger partial charge in [-0.15, -0.1) is 0 Å². The van der Waals surface area contributed by atoms with Gasteiger partial charge in [0.05, 0.1) is 0 Å². The number of hydrogen-bond donors (Lipinski definition) is 1. The zero-order valence-corrected chi connectivity index (χ0v) is 10.7. The zero-order valence-electron chi connectivity index (χ0n) is 9.04. The Kier molecular flexibility index (Phi) is 3.88. The van der Waals surface area contributed by atoms with Crippen molar-refractivity contribution in [1.29, 1.82) is 0 Å². The summed E-state index contributed by atoms with van der Waals surface area (Å²) in [5.74, 6) is 0. The number of pyridine rings is 1. The highest BCUT2D eigenvalue weighted by atomic mass is 32.2. The molecule has 0 aliphatic carbocycles. The molecule has 2 rings (SSSR count). The van der Waals surface area contributed by atoms with Crippen LogP contribution in [0.25, 0.3) is 0 Å². The lowest BCUT2D eigenvalue weighted by Gasteiger charge is -2.05. The molecule has 0 saturated carbocycles. The van der Waals surface area contributed by atoms with Crippen LogP contribution in [-0.2, 0) is 16.4 Å². The van der Waals surface area contributed by atoms with Crippen molar-refractivity contribution in [2.75, 3.05) is 6.54 Å². The summed E-state index contributed by atoms with van der Waals surface area (Å²) in [5.41, 5.74) is 1.14. The van der Waals surface area contributed by atoms with Gasteiger partial charge in [-0.05, 0) is 40.9 Å². The first kappa shape index (κ1) is 12.2. The second kappa shape index (κ2) is 5.39. The smallest absolute Gasteiger partial charge is 0.242 e. The molecule has 0 aromatic carbocycles. The minimum absolute atomic E-state index is 0.199. The van der Waals surface area contributed by atoms with Gasteiger partial charge in [-0.2, -0.15) is 11.3 Å². The highest BCUT2D eigenvalue weighted by molar-refractivity contribution is 7.89. The topological polar surface area (TPSA) is 59.1 Å². The fourth-order valence-corrected chi connectivity index (χ4v) is 3.05. The van der Waals surface area contributed by atoms with Gasteiger partial charge in [0.1, 0.15) is 4.90 Å². The van der Waals surface area contributed by atoms with Crippen molar-refractivity contribution < 1.29 is 8.42 Å². The summed E-state index contributed by atoms with van der Waals surface area (Å²) >= 11 is 1.61. The lowest BCUT2D eigenvalue weighted by molar-refractivity contribution is 0.581. The van der Waals surface area contributed by atoms with Crippen molar-refractivity contribution in [3.8, 4) is 0 Å². The van der Waals surface area contributed by atoms with Gasteiger partial charge in [0.15, 0.2) is 0 Å². The van der Waals surface area contributed by atoms with Crippen LogP contribution < -0.4 is 4.72 Å². The Balaban J connectivity index is 1.95. The fraction of sp³-hybridized carbons (Fsp3) is 0.182. The fourth-order valence-electron chi connectivity index (χ4n) is 1.35. The van der Waals surface area contributed by atoms with Crippen LogP contribution in [0.5, 0.6) is 0 Å². The molecule has 6 heteroatoms. The predicted molar refractivity (Wildman–Crippen MR) is 67.4 cm³/mol. The molecule has 0 unspecified atom stereocenters. The van der Waals surface area contributed by atoms with Gasteiger partial charge in [0.2, 0.25) is 10.0 Å². The highest BCUT2D eigenvalue weighted by Crippen LogP contribution is 2.08. The van der Waals surface area contributed by atoms with Crippen molar-refractivity contribution in [3.63, 3.8) is 0 Å². The number of thiophene rings is 1. The van der Waals surface area contributed by atoms with Crippen LogP contribution in [0.2, 0.25) is 0 Å². The Morgan fingerprint density at radius 2 is 2.24 bits per heavy atom. The first-order valence-electron chi connectivity index (χ1n) is 5.09. The third-order valence-electron chi connectivity index (χ3n) is 2.23. The summed E-state index contributed by atoms with van der Waals surface area (Å²) in [6.07, 6.45) is 3.58. The number of rotatable bonds is 5. The molecular weight excluding hydrogens is 256 g/mol. The van der Waals surface area contributed by atoms with Crippen molar-refractivity contribution in [2.45, 2.75) is 11.3 Å². The lowest BCUT2D eigenvalue weighted by Crippen LogP contribution is -2.25. The molecule has 0 atom stereocenters. The maximum absolute atomic E-state index is 11.8. The van der Waals surface area contributed by atoms with Crippen LogP contribution in [0, 0.1) is 0 Å². The van der Waals surface area contributed by atoms with Gasteiger partial charge in [-0.3, -0.25) is 4.98 Å². The third kappa shape index (κ3) is 3.36. The molecule has 90 valence electrons. The first-order chi connectivity index (χ1) is 8.18. The monoisotopic (exact) mass is 268 g/mol. The van der Waals surface area contributed by atoms with E-state index in [1.165, 1.54) is 12.3 Å². The average molecular weight is 268 g/mol. The number of aromatic nitrogens is 1. The molecule has 1 N–H and O–H groups in total. The Bertz CT molecular complexity index is 550. The molecule has 2 heterocycles. The van der Waals surface area contributed by atoms with E-state index in [1.807, 2.05) is 16.8 Å². The standard InChI is InChI=1S/C11H12N2O2S2/c14-17(15,11-2-1-5-12-8-11)13-6-3-10-4-7-16-9-10/h1-2,4-5,7-9,13H,3,6H2. The van der Waals surface area contributed by atoms with E-state index < -0.39 is 10.0 Å². The van der Waals surface area contributed by atoms with E-state index in [-0.39, 0.29) is 4.90 Å². The van der Waals surface area contributed by atoms with Gasteiger partial charge in [-0.25, -0.2) is 13.1 Å². The van der Waals surface area contributed by atoms with Gasteiger partial charge < -0.3 is 0 Å². The Labute approximate surface area is 104 Å². The molecule has 2 aromatic heterocycles. The van der Waals surface area contributed by atoms with E-state index in [1.54, 1.807) is 23.6 Å². The van der Waals surface area contributed by atoms with Crippen LogP contribution in [0.4, 0.5) is 0 Å². The van der Waals surface area contributed by atoms with Gasteiger partial charge in [0.25, 0.3) is 0 Å². The molecule has 4 nitrogen and oxygen atoms in total. The molecule has 2 aromatic rings. The summed E-state index contributed by atoms with van der Waals surface area (Å²) in [6, 6.07) is 5.12. The molecule has 0 radical (unpaired) electrons.